The topological polar surface area (TPSA) is 90.6 Å². The van der Waals surface area contributed by atoms with Crippen LogP contribution < -0.4 is 20.5 Å². The zero-order valence-corrected chi connectivity index (χ0v) is 18.4. The Hall–Kier alpha value is -2.54. The van der Waals surface area contributed by atoms with Crippen LogP contribution in [0.3, 0.4) is 0 Å². The summed E-state index contributed by atoms with van der Waals surface area (Å²) in [7, 11) is 3.06. The molecule has 0 saturated carbocycles. The van der Waals surface area contributed by atoms with Gasteiger partial charge in [0.05, 0.1) is 19.8 Å². The maximum Gasteiger partial charge on any atom is 0.256 e. The molecule has 7 heteroatoms. The number of amides is 2. The molecule has 1 aliphatic carbocycles. The van der Waals surface area contributed by atoms with Gasteiger partial charge in [-0.2, -0.15) is 0 Å². The number of rotatable bonds is 5. The van der Waals surface area contributed by atoms with Gasteiger partial charge in [-0.3, -0.25) is 9.59 Å². The lowest BCUT2D eigenvalue weighted by Crippen LogP contribution is -2.27. The molecule has 6 nitrogen and oxygen atoms in total. The number of anilines is 1. The summed E-state index contributed by atoms with van der Waals surface area (Å²) in [5.74, 6) is 0.720. The normalized spacial score (nSPS) is 16.1. The Morgan fingerprint density at radius 1 is 1.17 bits per heavy atom. The Morgan fingerprint density at radius 2 is 1.86 bits per heavy atom. The van der Waals surface area contributed by atoms with Crippen LogP contribution in [0.25, 0.3) is 0 Å². The third kappa shape index (κ3) is 4.24. The van der Waals surface area contributed by atoms with Gasteiger partial charge in [0.2, 0.25) is 0 Å². The zero-order valence-electron chi connectivity index (χ0n) is 17.5. The van der Waals surface area contributed by atoms with Gasteiger partial charge < -0.3 is 20.5 Å². The molecule has 1 aliphatic rings. The standard InChI is InChI=1S/C22H28N2O4S/c1-22(2,3)13-7-8-14-17(11-13)29-21(18(14)19(23)25)24-20(26)12-6-9-15(27-4)16(10-12)28-5/h6,9-10,13H,7-8,11H2,1-5H3,(H2,23,25)(H,24,26)/t13-/m1/s1. The largest absolute Gasteiger partial charge is 0.493 e. The summed E-state index contributed by atoms with van der Waals surface area (Å²) < 4.78 is 10.5. The molecule has 1 aromatic carbocycles. The fraction of sp³-hybridized carbons (Fsp3) is 0.455. The molecule has 156 valence electrons. The molecule has 2 aromatic rings. The van der Waals surface area contributed by atoms with Crippen molar-refractivity contribution < 1.29 is 19.1 Å². The van der Waals surface area contributed by atoms with E-state index >= 15 is 0 Å². The molecule has 1 heterocycles. The van der Waals surface area contributed by atoms with Crippen molar-refractivity contribution in [2.75, 3.05) is 19.5 Å². The van der Waals surface area contributed by atoms with Crippen molar-refractivity contribution in [2.24, 2.45) is 17.1 Å². The summed E-state index contributed by atoms with van der Waals surface area (Å²) in [6.45, 7) is 6.72. The Morgan fingerprint density at radius 3 is 2.45 bits per heavy atom. The Balaban J connectivity index is 1.91. The lowest BCUT2D eigenvalue weighted by molar-refractivity contribution is 0.1000. The molecule has 0 fully saturated rings. The third-order valence-corrected chi connectivity index (χ3v) is 6.78. The summed E-state index contributed by atoms with van der Waals surface area (Å²) in [6.07, 6.45) is 2.71. The Kier molecular flexibility index (Phi) is 5.89. The number of thiophene rings is 1. The van der Waals surface area contributed by atoms with E-state index in [-0.39, 0.29) is 11.3 Å². The highest BCUT2D eigenvalue weighted by Crippen LogP contribution is 2.44. The van der Waals surface area contributed by atoms with Crippen LogP contribution >= 0.6 is 11.3 Å². The van der Waals surface area contributed by atoms with Gasteiger partial charge in [-0.15, -0.1) is 11.3 Å². The molecule has 1 atom stereocenters. The highest BCUT2D eigenvalue weighted by molar-refractivity contribution is 7.17. The van der Waals surface area contributed by atoms with Crippen molar-refractivity contribution in [1.29, 1.82) is 0 Å². The van der Waals surface area contributed by atoms with Crippen LogP contribution in [0.5, 0.6) is 11.5 Å². The lowest BCUT2D eigenvalue weighted by atomic mass is 9.72. The van der Waals surface area contributed by atoms with Crippen molar-refractivity contribution in [2.45, 2.75) is 40.0 Å². The van der Waals surface area contributed by atoms with Crippen LogP contribution in [-0.4, -0.2) is 26.0 Å². The second-order valence-corrected chi connectivity index (χ2v) is 9.51. The molecule has 0 unspecified atom stereocenters. The zero-order chi connectivity index (χ0) is 21.3. The number of fused-ring (bicyclic) bond motifs is 1. The van der Waals surface area contributed by atoms with Gasteiger partial charge >= 0.3 is 0 Å². The van der Waals surface area contributed by atoms with Crippen LogP contribution in [-0.2, 0) is 12.8 Å². The minimum atomic E-state index is -0.501. The molecule has 2 amide bonds. The molecule has 3 N–H and O–H groups in total. The number of primary amides is 1. The van der Waals surface area contributed by atoms with E-state index in [1.165, 1.54) is 25.6 Å². The first-order valence-corrected chi connectivity index (χ1v) is 10.4. The smallest absolute Gasteiger partial charge is 0.256 e. The highest BCUT2D eigenvalue weighted by atomic mass is 32.1. The molecule has 0 aliphatic heterocycles. The molecule has 0 radical (unpaired) electrons. The van der Waals surface area contributed by atoms with E-state index in [0.717, 1.165) is 29.7 Å². The van der Waals surface area contributed by atoms with Gasteiger partial charge in [0, 0.05) is 10.4 Å². The van der Waals surface area contributed by atoms with Gasteiger partial charge in [-0.05, 0) is 54.4 Å². The van der Waals surface area contributed by atoms with Gasteiger partial charge in [-0.25, -0.2) is 0 Å². The van der Waals surface area contributed by atoms with Crippen LogP contribution in [0.2, 0.25) is 0 Å². The van der Waals surface area contributed by atoms with Crippen LogP contribution in [0.4, 0.5) is 5.00 Å². The SMILES string of the molecule is COc1ccc(C(=O)Nc2sc3c(c2C(N)=O)CC[C@@H](C(C)(C)C)C3)cc1OC. The summed E-state index contributed by atoms with van der Waals surface area (Å²) in [4.78, 5) is 26.2. The van der Waals surface area contributed by atoms with Crippen molar-refractivity contribution in [3.8, 4) is 11.5 Å². The maximum atomic E-state index is 12.8. The number of nitrogens with one attached hydrogen (secondary N) is 1. The molecule has 0 spiro atoms. The first kappa shape index (κ1) is 21.2. The first-order valence-electron chi connectivity index (χ1n) is 9.63. The fourth-order valence-corrected chi connectivity index (χ4v) is 5.15. The van der Waals surface area contributed by atoms with Crippen LogP contribution in [0.15, 0.2) is 18.2 Å². The second kappa shape index (κ2) is 8.06. The molecular weight excluding hydrogens is 388 g/mol. The molecule has 0 bridgehead atoms. The summed E-state index contributed by atoms with van der Waals surface area (Å²) in [5.41, 5.74) is 7.73. The minimum absolute atomic E-state index is 0.192. The van der Waals surface area contributed by atoms with E-state index in [1.807, 2.05) is 0 Å². The number of carbonyl (C=O) groups is 2. The van der Waals surface area contributed by atoms with Crippen LogP contribution in [0.1, 0.15) is 58.3 Å². The van der Waals surface area contributed by atoms with Gasteiger partial charge in [-0.1, -0.05) is 20.8 Å². The summed E-state index contributed by atoms with van der Waals surface area (Å²) in [5, 5.41) is 3.41. The predicted molar refractivity (Wildman–Crippen MR) is 115 cm³/mol. The van der Waals surface area contributed by atoms with Gasteiger partial charge in [0.15, 0.2) is 11.5 Å². The average molecular weight is 417 g/mol. The van der Waals surface area contributed by atoms with Crippen LogP contribution in [0, 0.1) is 11.3 Å². The molecule has 0 saturated heterocycles. The number of methoxy groups -OCH3 is 2. The monoisotopic (exact) mass is 416 g/mol. The van der Waals surface area contributed by atoms with Gasteiger partial charge in [0.1, 0.15) is 5.00 Å². The number of hydrogen-bond donors (Lipinski definition) is 2. The number of carbonyl (C=O) groups excluding carboxylic acids is 2. The minimum Gasteiger partial charge on any atom is -0.493 e. The first-order chi connectivity index (χ1) is 13.7. The van der Waals surface area contributed by atoms with E-state index in [9.17, 15) is 9.59 Å². The second-order valence-electron chi connectivity index (χ2n) is 8.40. The van der Waals surface area contributed by atoms with E-state index in [0.29, 0.717) is 33.5 Å². The quantitative estimate of drug-likeness (QED) is 0.762. The van der Waals surface area contributed by atoms with E-state index in [1.54, 1.807) is 18.2 Å². The lowest BCUT2D eigenvalue weighted by Gasteiger charge is -2.33. The maximum absolute atomic E-state index is 12.8. The third-order valence-electron chi connectivity index (χ3n) is 5.61. The molecule has 1 aromatic heterocycles. The van der Waals surface area contributed by atoms with Crippen molar-refractivity contribution in [3.63, 3.8) is 0 Å². The van der Waals surface area contributed by atoms with E-state index in [4.69, 9.17) is 15.2 Å². The van der Waals surface area contributed by atoms with Crippen molar-refractivity contribution >= 4 is 28.2 Å². The summed E-state index contributed by atoms with van der Waals surface area (Å²) >= 11 is 1.46. The molecule has 29 heavy (non-hydrogen) atoms. The number of hydrogen-bond acceptors (Lipinski definition) is 5. The predicted octanol–water partition coefficient (Wildman–Crippen LogP) is 4.27. The van der Waals surface area contributed by atoms with Crippen molar-refractivity contribution in [1.82, 2.24) is 0 Å². The Labute approximate surface area is 175 Å². The van der Waals surface area contributed by atoms with E-state index in [2.05, 4.69) is 26.1 Å². The Bertz CT molecular complexity index is 943. The number of ether oxygens (including phenoxy) is 2. The summed E-state index contributed by atoms with van der Waals surface area (Å²) in [6, 6.07) is 4.95. The fourth-order valence-electron chi connectivity index (χ4n) is 3.83. The average Bonchev–Trinajstić information content (AvgIpc) is 3.03. The number of nitrogens with two attached hydrogens (primary N) is 1. The molecular formula is C22H28N2O4S. The van der Waals surface area contributed by atoms with Gasteiger partial charge in [0.25, 0.3) is 11.8 Å². The van der Waals surface area contributed by atoms with Crippen molar-refractivity contribution in [3.05, 3.63) is 39.8 Å². The number of benzene rings is 1. The highest BCUT2D eigenvalue weighted by Gasteiger charge is 2.33. The molecule has 3 rings (SSSR count). The van der Waals surface area contributed by atoms with E-state index < -0.39 is 5.91 Å².